The van der Waals surface area contributed by atoms with Gasteiger partial charge in [-0.1, -0.05) is 24.3 Å². The molecule has 0 saturated carbocycles. The van der Waals surface area contributed by atoms with Gasteiger partial charge in [0.1, 0.15) is 11.6 Å². The number of urea groups is 1. The number of benzene rings is 2. The Bertz CT molecular complexity index is 713. The Morgan fingerprint density at radius 1 is 0.960 bits per heavy atom. The molecule has 0 aliphatic carbocycles. The Morgan fingerprint density at radius 2 is 1.64 bits per heavy atom. The number of carbonyl (C=O) groups is 1. The zero-order chi connectivity index (χ0) is 17.6. The summed E-state index contributed by atoms with van der Waals surface area (Å²) < 4.78 is 26.7. The van der Waals surface area contributed by atoms with Crippen molar-refractivity contribution in [2.75, 3.05) is 37.6 Å². The third-order valence-electron chi connectivity index (χ3n) is 4.36. The van der Waals surface area contributed by atoms with E-state index in [1.54, 1.807) is 29.2 Å². The van der Waals surface area contributed by atoms with Gasteiger partial charge in [0.2, 0.25) is 0 Å². The highest BCUT2D eigenvalue weighted by atomic mass is 19.1. The van der Waals surface area contributed by atoms with Crippen LogP contribution >= 0.6 is 0 Å². The van der Waals surface area contributed by atoms with E-state index in [4.69, 9.17) is 0 Å². The molecule has 6 heteroatoms. The number of nitrogens with one attached hydrogen (secondary N) is 1. The number of hydrogen-bond donors (Lipinski definition) is 1. The van der Waals surface area contributed by atoms with E-state index in [-0.39, 0.29) is 17.7 Å². The number of nitrogens with zero attached hydrogens (tertiary/aromatic N) is 2. The van der Waals surface area contributed by atoms with Crippen LogP contribution in [0.5, 0.6) is 0 Å². The van der Waals surface area contributed by atoms with Gasteiger partial charge in [0.15, 0.2) is 0 Å². The van der Waals surface area contributed by atoms with Gasteiger partial charge in [-0.15, -0.1) is 0 Å². The fraction of sp³-hybridized carbons (Fsp3) is 0.316. The Morgan fingerprint density at radius 3 is 2.32 bits per heavy atom. The number of hydrogen-bond acceptors (Lipinski definition) is 2. The molecule has 1 heterocycles. The van der Waals surface area contributed by atoms with E-state index in [2.05, 4.69) is 5.32 Å². The predicted octanol–water partition coefficient (Wildman–Crippen LogP) is 3.04. The number of rotatable bonds is 4. The van der Waals surface area contributed by atoms with Crippen LogP contribution in [0.3, 0.4) is 0 Å². The zero-order valence-corrected chi connectivity index (χ0v) is 13.9. The van der Waals surface area contributed by atoms with E-state index in [0.717, 1.165) is 5.56 Å². The maximum absolute atomic E-state index is 13.8. The van der Waals surface area contributed by atoms with Crippen molar-refractivity contribution in [2.45, 2.75) is 6.42 Å². The average molecular weight is 345 g/mol. The van der Waals surface area contributed by atoms with Gasteiger partial charge >= 0.3 is 6.03 Å². The number of halogens is 2. The molecule has 0 spiro atoms. The lowest BCUT2D eigenvalue weighted by Gasteiger charge is -2.36. The number of amides is 2. The molecule has 25 heavy (non-hydrogen) atoms. The van der Waals surface area contributed by atoms with E-state index in [1.165, 1.54) is 18.2 Å². The van der Waals surface area contributed by atoms with E-state index in [9.17, 15) is 13.6 Å². The van der Waals surface area contributed by atoms with E-state index in [0.29, 0.717) is 44.8 Å². The summed E-state index contributed by atoms with van der Waals surface area (Å²) in [4.78, 5) is 15.9. The number of para-hydroxylation sites is 1. The van der Waals surface area contributed by atoms with Gasteiger partial charge in [-0.2, -0.15) is 0 Å². The van der Waals surface area contributed by atoms with Crippen molar-refractivity contribution in [3.05, 3.63) is 65.7 Å². The highest BCUT2D eigenvalue weighted by molar-refractivity contribution is 5.74. The first-order valence-corrected chi connectivity index (χ1v) is 8.40. The highest BCUT2D eigenvalue weighted by Gasteiger charge is 2.22. The summed E-state index contributed by atoms with van der Waals surface area (Å²) in [6.45, 7) is 2.81. The molecule has 0 atom stereocenters. The minimum Gasteiger partial charge on any atom is -0.366 e. The van der Waals surface area contributed by atoms with Gasteiger partial charge in [0.05, 0.1) is 5.69 Å². The number of piperazine rings is 1. The molecule has 1 N–H and O–H groups in total. The van der Waals surface area contributed by atoms with Crippen LogP contribution < -0.4 is 10.2 Å². The van der Waals surface area contributed by atoms with Crippen LogP contribution in [-0.2, 0) is 6.42 Å². The van der Waals surface area contributed by atoms with E-state index < -0.39 is 0 Å². The summed E-state index contributed by atoms with van der Waals surface area (Å²) in [5.41, 5.74) is 1.56. The third kappa shape index (κ3) is 4.47. The summed E-state index contributed by atoms with van der Waals surface area (Å²) >= 11 is 0. The molecule has 0 radical (unpaired) electrons. The van der Waals surface area contributed by atoms with Gasteiger partial charge in [-0.05, 0) is 36.2 Å². The smallest absolute Gasteiger partial charge is 0.317 e. The summed E-state index contributed by atoms with van der Waals surface area (Å²) in [7, 11) is 0. The lowest BCUT2D eigenvalue weighted by Crippen LogP contribution is -2.52. The molecule has 2 aromatic carbocycles. The molecule has 2 aromatic rings. The molecule has 3 rings (SSSR count). The topological polar surface area (TPSA) is 35.6 Å². The van der Waals surface area contributed by atoms with E-state index >= 15 is 0 Å². The van der Waals surface area contributed by atoms with Crippen molar-refractivity contribution in [1.82, 2.24) is 10.2 Å². The fourth-order valence-electron chi connectivity index (χ4n) is 2.94. The molecule has 1 saturated heterocycles. The van der Waals surface area contributed by atoms with Crippen molar-refractivity contribution in [2.24, 2.45) is 0 Å². The molecular weight excluding hydrogens is 324 g/mol. The van der Waals surface area contributed by atoms with Gasteiger partial charge in [-0.25, -0.2) is 13.6 Å². The van der Waals surface area contributed by atoms with Crippen molar-refractivity contribution < 1.29 is 13.6 Å². The SMILES string of the molecule is O=C(NCCc1ccc(F)cc1)N1CCN(c2ccccc2F)CC1. The fourth-order valence-corrected chi connectivity index (χ4v) is 2.94. The summed E-state index contributed by atoms with van der Waals surface area (Å²) in [6, 6.07) is 12.8. The highest BCUT2D eigenvalue weighted by Crippen LogP contribution is 2.20. The van der Waals surface area contributed by atoms with Crippen LogP contribution in [0, 0.1) is 11.6 Å². The monoisotopic (exact) mass is 345 g/mol. The molecule has 1 fully saturated rings. The van der Waals surface area contributed by atoms with Crippen molar-refractivity contribution in [3.63, 3.8) is 0 Å². The Labute approximate surface area is 146 Å². The van der Waals surface area contributed by atoms with Crippen LogP contribution in [0.2, 0.25) is 0 Å². The van der Waals surface area contributed by atoms with Crippen LogP contribution in [0.15, 0.2) is 48.5 Å². The summed E-state index contributed by atoms with van der Waals surface area (Å²) in [5.74, 6) is -0.500. The second-order valence-electron chi connectivity index (χ2n) is 6.03. The summed E-state index contributed by atoms with van der Waals surface area (Å²) in [6.07, 6.45) is 0.654. The van der Waals surface area contributed by atoms with Crippen LogP contribution in [0.4, 0.5) is 19.3 Å². The molecule has 1 aliphatic heterocycles. The first kappa shape index (κ1) is 17.2. The van der Waals surface area contributed by atoms with Crippen LogP contribution in [0.1, 0.15) is 5.56 Å². The average Bonchev–Trinajstić information content (AvgIpc) is 2.64. The maximum atomic E-state index is 13.8. The van der Waals surface area contributed by atoms with Gasteiger partial charge in [0.25, 0.3) is 0 Å². The Hall–Kier alpha value is -2.63. The molecular formula is C19H21F2N3O. The lowest BCUT2D eigenvalue weighted by atomic mass is 10.1. The maximum Gasteiger partial charge on any atom is 0.317 e. The van der Waals surface area contributed by atoms with E-state index in [1.807, 2.05) is 11.0 Å². The first-order valence-electron chi connectivity index (χ1n) is 8.40. The molecule has 2 amide bonds. The normalized spacial score (nSPS) is 14.5. The van der Waals surface area contributed by atoms with Gasteiger partial charge in [0, 0.05) is 32.7 Å². The minimum atomic E-state index is -0.263. The second kappa shape index (κ2) is 7.96. The third-order valence-corrected chi connectivity index (χ3v) is 4.36. The molecule has 0 aromatic heterocycles. The Balaban J connectivity index is 1.44. The van der Waals surface area contributed by atoms with Crippen LogP contribution in [0.25, 0.3) is 0 Å². The number of carbonyl (C=O) groups excluding carboxylic acids is 1. The quantitative estimate of drug-likeness (QED) is 0.925. The van der Waals surface area contributed by atoms with Crippen molar-refractivity contribution >= 4 is 11.7 Å². The molecule has 0 bridgehead atoms. The molecule has 0 unspecified atom stereocenters. The van der Waals surface area contributed by atoms with Gasteiger partial charge < -0.3 is 15.1 Å². The largest absolute Gasteiger partial charge is 0.366 e. The standard InChI is InChI=1S/C19H21F2N3O/c20-16-7-5-15(6-8-16)9-10-22-19(25)24-13-11-23(12-14-24)18-4-2-1-3-17(18)21/h1-8H,9-14H2,(H,22,25). The minimum absolute atomic E-state index is 0.115. The zero-order valence-electron chi connectivity index (χ0n) is 13.9. The Kier molecular flexibility index (Phi) is 5.48. The number of anilines is 1. The molecule has 132 valence electrons. The summed E-state index contributed by atoms with van der Waals surface area (Å²) in [5, 5.41) is 2.88. The lowest BCUT2D eigenvalue weighted by molar-refractivity contribution is 0.194. The van der Waals surface area contributed by atoms with Crippen LogP contribution in [-0.4, -0.2) is 43.7 Å². The second-order valence-corrected chi connectivity index (χ2v) is 6.03. The predicted molar refractivity (Wildman–Crippen MR) is 93.7 cm³/mol. The van der Waals surface area contributed by atoms with Crippen molar-refractivity contribution in [1.29, 1.82) is 0 Å². The first-order chi connectivity index (χ1) is 12.1. The molecule has 1 aliphatic rings. The molecule has 4 nitrogen and oxygen atoms in total. The van der Waals surface area contributed by atoms with Crippen molar-refractivity contribution in [3.8, 4) is 0 Å². The van der Waals surface area contributed by atoms with Gasteiger partial charge in [-0.3, -0.25) is 0 Å².